The lowest BCUT2D eigenvalue weighted by Crippen LogP contribution is -2.39. The standard InChI is InChI=1S/C20H23NO6/c1-5-27-20(24)21-13-9-7-6-8-12(13)16-14(21)10-11(2)15(18(22)25-3)17(16)19(23)26-4/h6-9,11,15,17H,5,10H2,1-4H3/t11-,15+,17-/m1/s1. The van der Waals surface area contributed by atoms with Crippen LogP contribution in [0.25, 0.3) is 10.9 Å². The lowest BCUT2D eigenvalue weighted by molar-refractivity contribution is -0.156. The number of ether oxygens (including phenoxy) is 3. The second-order valence-electron chi connectivity index (χ2n) is 6.64. The molecule has 0 radical (unpaired) electrons. The molecule has 27 heavy (non-hydrogen) atoms. The van der Waals surface area contributed by atoms with Gasteiger partial charge < -0.3 is 14.2 Å². The monoisotopic (exact) mass is 373 g/mol. The van der Waals surface area contributed by atoms with Crippen LogP contribution >= 0.6 is 0 Å². The van der Waals surface area contributed by atoms with Crippen molar-refractivity contribution in [1.29, 1.82) is 0 Å². The van der Waals surface area contributed by atoms with Gasteiger partial charge in [-0.1, -0.05) is 25.1 Å². The van der Waals surface area contributed by atoms with Gasteiger partial charge in [0.2, 0.25) is 0 Å². The molecule has 0 amide bonds. The van der Waals surface area contributed by atoms with E-state index >= 15 is 0 Å². The molecule has 0 saturated carbocycles. The highest BCUT2D eigenvalue weighted by Gasteiger charge is 2.47. The second kappa shape index (κ2) is 7.42. The number of benzene rings is 1. The molecule has 0 N–H and O–H groups in total. The molecule has 1 aliphatic rings. The third-order valence-electron chi connectivity index (χ3n) is 5.19. The van der Waals surface area contributed by atoms with E-state index in [0.29, 0.717) is 23.2 Å². The Labute approximate surface area is 157 Å². The summed E-state index contributed by atoms with van der Waals surface area (Å²) in [5.41, 5.74) is 1.96. The molecule has 7 nitrogen and oxygen atoms in total. The van der Waals surface area contributed by atoms with Crippen LogP contribution in [0.4, 0.5) is 4.79 Å². The van der Waals surface area contributed by atoms with Crippen LogP contribution in [0.2, 0.25) is 0 Å². The van der Waals surface area contributed by atoms with Gasteiger partial charge in [-0.2, -0.15) is 0 Å². The zero-order valence-electron chi connectivity index (χ0n) is 15.9. The molecule has 1 aromatic heterocycles. The number of methoxy groups -OCH3 is 2. The molecule has 0 saturated heterocycles. The molecule has 0 unspecified atom stereocenters. The summed E-state index contributed by atoms with van der Waals surface area (Å²) in [4.78, 5) is 37.8. The predicted octanol–water partition coefficient (Wildman–Crippen LogP) is 2.88. The topological polar surface area (TPSA) is 83.8 Å². The number of esters is 2. The Hall–Kier alpha value is -2.83. The van der Waals surface area contributed by atoms with E-state index in [1.807, 2.05) is 25.1 Å². The SMILES string of the molecule is CCOC(=O)n1c2c(c3ccccc31)[C@H](C(=O)OC)[C@@H](C(=O)OC)[C@H](C)C2. The largest absolute Gasteiger partial charge is 0.469 e. The molecule has 0 spiro atoms. The number of hydrogen-bond donors (Lipinski definition) is 0. The number of rotatable bonds is 3. The molecule has 1 aromatic carbocycles. The van der Waals surface area contributed by atoms with Gasteiger partial charge in [0.25, 0.3) is 0 Å². The van der Waals surface area contributed by atoms with Gasteiger partial charge >= 0.3 is 18.0 Å². The number of fused-ring (bicyclic) bond motifs is 3. The second-order valence-corrected chi connectivity index (χ2v) is 6.64. The van der Waals surface area contributed by atoms with Crippen LogP contribution in [0.5, 0.6) is 0 Å². The zero-order valence-corrected chi connectivity index (χ0v) is 15.9. The number of aromatic nitrogens is 1. The van der Waals surface area contributed by atoms with E-state index in [1.165, 1.54) is 18.8 Å². The van der Waals surface area contributed by atoms with Gasteiger partial charge in [-0.3, -0.25) is 9.59 Å². The molecule has 0 fully saturated rings. The predicted molar refractivity (Wildman–Crippen MR) is 97.5 cm³/mol. The number of carbonyl (C=O) groups is 3. The van der Waals surface area contributed by atoms with Crippen LogP contribution in [-0.4, -0.2) is 43.4 Å². The Balaban J connectivity index is 2.32. The first-order valence-electron chi connectivity index (χ1n) is 8.91. The number of hydrogen-bond acceptors (Lipinski definition) is 6. The van der Waals surface area contributed by atoms with Gasteiger partial charge in [-0.25, -0.2) is 9.36 Å². The first kappa shape index (κ1) is 18.9. The van der Waals surface area contributed by atoms with Crippen LogP contribution < -0.4 is 0 Å². The minimum atomic E-state index is -0.846. The quantitative estimate of drug-likeness (QED) is 0.608. The third-order valence-corrected chi connectivity index (χ3v) is 5.19. The van der Waals surface area contributed by atoms with E-state index in [-0.39, 0.29) is 12.5 Å². The van der Waals surface area contributed by atoms with Crippen molar-refractivity contribution in [3.8, 4) is 0 Å². The highest BCUT2D eigenvalue weighted by atomic mass is 16.5. The van der Waals surface area contributed by atoms with E-state index in [9.17, 15) is 14.4 Å². The van der Waals surface area contributed by atoms with Crippen LogP contribution in [0, 0.1) is 11.8 Å². The summed E-state index contributed by atoms with van der Waals surface area (Å²) in [6.45, 7) is 3.84. The molecular formula is C20H23NO6. The number of carbonyl (C=O) groups excluding carboxylic acids is 3. The Kier molecular flexibility index (Phi) is 5.21. The van der Waals surface area contributed by atoms with Gasteiger partial charge in [-0.05, 0) is 30.9 Å². The molecule has 3 rings (SSSR count). The Morgan fingerprint density at radius 1 is 1.11 bits per heavy atom. The summed E-state index contributed by atoms with van der Waals surface area (Å²) >= 11 is 0. The van der Waals surface area contributed by atoms with Gasteiger partial charge in [0.05, 0.1) is 38.2 Å². The van der Waals surface area contributed by atoms with Gasteiger partial charge in [-0.15, -0.1) is 0 Å². The summed E-state index contributed by atoms with van der Waals surface area (Å²) < 4.78 is 16.7. The molecule has 144 valence electrons. The first-order chi connectivity index (χ1) is 13.0. The maximum Gasteiger partial charge on any atom is 0.418 e. The van der Waals surface area contributed by atoms with Gasteiger partial charge in [0, 0.05) is 11.1 Å². The number of nitrogens with zero attached hydrogens (tertiary/aromatic N) is 1. The highest BCUT2D eigenvalue weighted by Crippen LogP contribution is 2.45. The van der Waals surface area contributed by atoms with Crippen molar-refractivity contribution in [2.45, 2.75) is 26.2 Å². The summed E-state index contributed by atoms with van der Waals surface area (Å²) in [6.07, 6.45) is -0.0573. The van der Waals surface area contributed by atoms with E-state index in [0.717, 1.165) is 5.39 Å². The van der Waals surface area contributed by atoms with Crippen molar-refractivity contribution in [2.75, 3.05) is 20.8 Å². The van der Waals surface area contributed by atoms with Crippen molar-refractivity contribution in [2.24, 2.45) is 11.8 Å². The zero-order chi connectivity index (χ0) is 19.7. The summed E-state index contributed by atoms with van der Waals surface area (Å²) in [5, 5.41) is 0.733. The Morgan fingerprint density at radius 2 is 1.78 bits per heavy atom. The molecule has 1 heterocycles. The fourth-order valence-electron chi connectivity index (χ4n) is 4.10. The van der Waals surface area contributed by atoms with Crippen molar-refractivity contribution >= 4 is 28.9 Å². The fraction of sp³-hybridized carbons (Fsp3) is 0.450. The van der Waals surface area contributed by atoms with Crippen LogP contribution in [0.1, 0.15) is 31.0 Å². The number of para-hydroxylation sites is 1. The third kappa shape index (κ3) is 2.97. The van der Waals surface area contributed by atoms with Crippen LogP contribution in [-0.2, 0) is 30.2 Å². The van der Waals surface area contributed by atoms with Crippen molar-refractivity contribution in [3.05, 3.63) is 35.5 Å². The van der Waals surface area contributed by atoms with E-state index in [4.69, 9.17) is 14.2 Å². The molecule has 0 aliphatic heterocycles. The Morgan fingerprint density at radius 3 is 2.41 bits per heavy atom. The highest BCUT2D eigenvalue weighted by molar-refractivity contribution is 5.99. The van der Waals surface area contributed by atoms with Crippen LogP contribution in [0.15, 0.2) is 24.3 Å². The van der Waals surface area contributed by atoms with E-state index < -0.39 is 29.9 Å². The normalized spacial score (nSPS) is 21.4. The van der Waals surface area contributed by atoms with Gasteiger partial charge in [0.15, 0.2) is 0 Å². The average molecular weight is 373 g/mol. The molecule has 1 aliphatic carbocycles. The summed E-state index contributed by atoms with van der Waals surface area (Å²) in [7, 11) is 2.60. The minimum absolute atomic E-state index is 0.216. The maximum atomic E-state index is 12.7. The van der Waals surface area contributed by atoms with E-state index in [2.05, 4.69) is 0 Å². The summed E-state index contributed by atoms with van der Waals surface area (Å²) in [6, 6.07) is 7.29. The van der Waals surface area contributed by atoms with E-state index in [1.54, 1.807) is 13.0 Å². The molecule has 3 atom stereocenters. The Bertz CT molecular complexity index is 899. The van der Waals surface area contributed by atoms with Crippen molar-refractivity contribution in [1.82, 2.24) is 4.57 Å². The molecule has 0 bridgehead atoms. The average Bonchev–Trinajstić information content (AvgIpc) is 2.99. The first-order valence-corrected chi connectivity index (χ1v) is 8.91. The minimum Gasteiger partial charge on any atom is -0.469 e. The summed E-state index contributed by atoms with van der Waals surface area (Å²) in [5.74, 6) is -2.73. The maximum absolute atomic E-state index is 12.7. The molecule has 7 heteroatoms. The smallest absolute Gasteiger partial charge is 0.418 e. The van der Waals surface area contributed by atoms with Crippen molar-refractivity contribution < 1.29 is 28.6 Å². The fourth-order valence-corrected chi connectivity index (χ4v) is 4.10. The lowest BCUT2D eigenvalue weighted by Gasteiger charge is -2.33. The van der Waals surface area contributed by atoms with Crippen molar-refractivity contribution in [3.63, 3.8) is 0 Å². The van der Waals surface area contributed by atoms with Crippen LogP contribution in [0.3, 0.4) is 0 Å². The van der Waals surface area contributed by atoms with Gasteiger partial charge in [0.1, 0.15) is 0 Å². The molecule has 2 aromatic rings. The molecular weight excluding hydrogens is 350 g/mol. The lowest BCUT2D eigenvalue weighted by atomic mass is 9.71.